The fourth-order valence-corrected chi connectivity index (χ4v) is 4.70. The maximum Gasteiger partial charge on any atom is 0.165 e. The fraction of sp³-hybridized carbons (Fsp3) is 0.310. The molecule has 0 spiro atoms. The van der Waals surface area contributed by atoms with Crippen LogP contribution in [0.2, 0.25) is 0 Å². The van der Waals surface area contributed by atoms with E-state index < -0.39 is 0 Å². The van der Waals surface area contributed by atoms with E-state index in [1.165, 1.54) is 5.56 Å². The molecular formula is C29H34N8. The van der Waals surface area contributed by atoms with Gasteiger partial charge in [-0.15, -0.1) is 0 Å². The maximum absolute atomic E-state index is 4.92. The van der Waals surface area contributed by atoms with Crippen molar-refractivity contribution in [1.82, 2.24) is 29.4 Å². The third-order valence-corrected chi connectivity index (χ3v) is 6.87. The summed E-state index contributed by atoms with van der Waals surface area (Å²) in [6.45, 7) is 9.00. The predicted molar refractivity (Wildman–Crippen MR) is 150 cm³/mol. The van der Waals surface area contributed by atoms with Crippen LogP contribution in [0.3, 0.4) is 0 Å². The van der Waals surface area contributed by atoms with E-state index in [1.807, 2.05) is 55.3 Å². The molecule has 8 heteroatoms. The number of hydrogen-bond acceptors (Lipinski definition) is 6. The van der Waals surface area contributed by atoms with Crippen LogP contribution in [-0.2, 0) is 13.6 Å². The van der Waals surface area contributed by atoms with Crippen LogP contribution in [-0.4, -0.2) is 50.5 Å². The first-order chi connectivity index (χ1) is 17.6. The summed E-state index contributed by atoms with van der Waals surface area (Å²) in [7, 11) is 8.07. The standard InChI is InChI=1S/C29H34N8/c1-18-13-26(34(5)6)30-16-24(18)28-21(4)32-37-27(14-19(2)31-29(28)37)35(7)17-22-9-11-23(12-10-22)25-15-20(3)36(8)33-25/h9-16H,17H2,1-8H3. The molecule has 0 saturated heterocycles. The van der Waals surface area contributed by atoms with Gasteiger partial charge >= 0.3 is 0 Å². The summed E-state index contributed by atoms with van der Waals surface area (Å²) < 4.78 is 3.87. The molecule has 0 fully saturated rings. The van der Waals surface area contributed by atoms with E-state index in [4.69, 9.17) is 10.1 Å². The number of pyridine rings is 1. The fourth-order valence-electron chi connectivity index (χ4n) is 4.70. The molecule has 5 rings (SSSR count). The van der Waals surface area contributed by atoms with Gasteiger partial charge in [0, 0.05) is 69.5 Å². The average Bonchev–Trinajstić information content (AvgIpc) is 3.36. The molecule has 0 bridgehead atoms. The number of anilines is 2. The van der Waals surface area contributed by atoms with Crippen molar-refractivity contribution in [3.8, 4) is 22.4 Å². The molecule has 0 radical (unpaired) electrons. The molecule has 0 aliphatic heterocycles. The highest BCUT2D eigenvalue weighted by Gasteiger charge is 2.20. The predicted octanol–water partition coefficient (Wildman–Crippen LogP) is 5.13. The Morgan fingerprint density at radius 3 is 2.24 bits per heavy atom. The van der Waals surface area contributed by atoms with Crippen molar-refractivity contribution in [2.24, 2.45) is 7.05 Å². The van der Waals surface area contributed by atoms with Gasteiger partial charge in [0.25, 0.3) is 0 Å². The van der Waals surface area contributed by atoms with Crippen molar-refractivity contribution in [2.75, 3.05) is 30.9 Å². The van der Waals surface area contributed by atoms with Gasteiger partial charge in [-0.25, -0.2) is 9.97 Å². The molecule has 0 N–H and O–H groups in total. The quantitative estimate of drug-likeness (QED) is 0.326. The molecular weight excluding hydrogens is 460 g/mol. The Balaban J connectivity index is 1.48. The maximum atomic E-state index is 4.92. The number of benzene rings is 1. The average molecular weight is 495 g/mol. The number of aromatic nitrogens is 6. The first-order valence-electron chi connectivity index (χ1n) is 12.4. The van der Waals surface area contributed by atoms with Gasteiger partial charge in [-0.3, -0.25) is 4.68 Å². The summed E-state index contributed by atoms with van der Waals surface area (Å²) in [5, 5.41) is 9.52. The second-order valence-corrected chi connectivity index (χ2v) is 10.1. The van der Waals surface area contributed by atoms with Crippen LogP contribution in [0.15, 0.2) is 48.7 Å². The minimum Gasteiger partial charge on any atom is -0.363 e. The first-order valence-corrected chi connectivity index (χ1v) is 12.4. The van der Waals surface area contributed by atoms with Crippen molar-refractivity contribution < 1.29 is 0 Å². The van der Waals surface area contributed by atoms with Gasteiger partial charge in [0.15, 0.2) is 5.65 Å². The summed E-state index contributed by atoms with van der Waals surface area (Å²) in [4.78, 5) is 13.8. The summed E-state index contributed by atoms with van der Waals surface area (Å²) in [5.41, 5.74) is 10.4. The molecule has 0 aliphatic carbocycles. The number of fused-ring (bicyclic) bond motifs is 1. The van der Waals surface area contributed by atoms with E-state index in [0.717, 1.165) is 68.9 Å². The van der Waals surface area contributed by atoms with Crippen LogP contribution in [0.4, 0.5) is 11.6 Å². The van der Waals surface area contributed by atoms with E-state index in [1.54, 1.807) is 0 Å². The zero-order valence-electron chi connectivity index (χ0n) is 22.9. The largest absolute Gasteiger partial charge is 0.363 e. The highest BCUT2D eigenvalue weighted by atomic mass is 15.3. The smallest absolute Gasteiger partial charge is 0.165 e. The lowest BCUT2D eigenvalue weighted by atomic mass is 10.0. The molecule has 4 heterocycles. The normalized spacial score (nSPS) is 11.4. The zero-order valence-corrected chi connectivity index (χ0v) is 22.9. The minimum atomic E-state index is 0.742. The topological polar surface area (TPSA) is 67.4 Å². The van der Waals surface area contributed by atoms with E-state index in [2.05, 4.69) is 78.3 Å². The molecule has 4 aromatic heterocycles. The Kier molecular flexibility index (Phi) is 6.19. The van der Waals surface area contributed by atoms with Crippen molar-refractivity contribution in [2.45, 2.75) is 34.2 Å². The van der Waals surface area contributed by atoms with Crippen molar-refractivity contribution in [3.05, 3.63) is 76.9 Å². The molecule has 0 atom stereocenters. The van der Waals surface area contributed by atoms with E-state index in [-0.39, 0.29) is 0 Å². The van der Waals surface area contributed by atoms with Gasteiger partial charge in [-0.05, 0) is 51.0 Å². The Labute approximate surface area is 218 Å². The highest BCUT2D eigenvalue weighted by Crippen LogP contribution is 2.33. The molecule has 5 aromatic rings. The lowest BCUT2D eigenvalue weighted by Crippen LogP contribution is -2.20. The number of hydrogen-bond donors (Lipinski definition) is 0. The molecule has 0 aliphatic rings. The second-order valence-electron chi connectivity index (χ2n) is 10.1. The van der Waals surface area contributed by atoms with Crippen LogP contribution in [0, 0.1) is 27.7 Å². The van der Waals surface area contributed by atoms with Crippen LogP contribution in [0.25, 0.3) is 28.0 Å². The minimum absolute atomic E-state index is 0.742. The Morgan fingerprint density at radius 1 is 0.892 bits per heavy atom. The Bertz CT molecular complexity index is 1570. The van der Waals surface area contributed by atoms with E-state index in [9.17, 15) is 0 Å². The molecule has 190 valence electrons. The lowest BCUT2D eigenvalue weighted by molar-refractivity contribution is 0.743. The van der Waals surface area contributed by atoms with Crippen LogP contribution >= 0.6 is 0 Å². The van der Waals surface area contributed by atoms with Crippen molar-refractivity contribution in [1.29, 1.82) is 0 Å². The lowest BCUT2D eigenvalue weighted by Gasteiger charge is -2.21. The van der Waals surface area contributed by atoms with Crippen LogP contribution in [0.5, 0.6) is 0 Å². The molecule has 37 heavy (non-hydrogen) atoms. The van der Waals surface area contributed by atoms with Gasteiger partial charge in [-0.2, -0.15) is 14.7 Å². The monoisotopic (exact) mass is 494 g/mol. The number of nitrogens with zero attached hydrogens (tertiary/aromatic N) is 8. The van der Waals surface area contributed by atoms with E-state index in [0.29, 0.717) is 0 Å². The Morgan fingerprint density at radius 2 is 1.62 bits per heavy atom. The second kappa shape index (κ2) is 9.35. The number of rotatable bonds is 6. The van der Waals surface area contributed by atoms with Gasteiger partial charge in [0.2, 0.25) is 0 Å². The molecule has 0 unspecified atom stereocenters. The summed E-state index contributed by atoms with van der Waals surface area (Å²) >= 11 is 0. The Hall–Kier alpha value is -4.20. The van der Waals surface area contributed by atoms with Crippen LogP contribution < -0.4 is 9.80 Å². The van der Waals surface area contributed by atoms with E-state index >= 15 is 0 Å². The van der Waals surface area contributed by atoms with Gasteiger partial charge in [-0.1, -0.05) is 24.3 Å². The summed E-state index contributed by atoms with van der Waals surface area (Å²) in [5.74, 6) is 1.93. The SMILES string of the molecule is Cc1cc(N(C)Cc2ccc(-c3cc(C)n(C)n3)cc2)n2nc(C)c(-c3cnc(N(C)C)cc3C)c2n1. The summed E-state index contributed by atoms with van der Waals surface area (Å²) in [6.07, 6.45) is 1.94. The zero-order chi connectivity index (χ0) is 26.4. The number of aryl methyl sites for hydroxylation is 5. The van der Waals surface area contributed by atoms with Gasteiger partial charge < -0.3 is 9.80 Å². The van der Waals surface area contributed by atoms with Crippen molar-refractivity contribution in [3.63, 3.8) is 0 Å². The highest BCUT2D eigenvalue weighted by molar-refractivity contribution is 5.83. The van der Waals surface area contributed by atoms with Crippen LogP contribution in [0.1, 0.15) is 28.2 Å². The third-order valence-electron chi connectivity index (χ3n) is 6.87. The molecule has 0 saturated carbocycles. The molecule has 8 nitrogen and oxygen atoms in total. The van der Waals surface area contributed by atoms with Gasteiger partial charge in [0.05, 0.1) is 17.0 Å². The third kappa shape index (κ3) is 4.55. The summed E-state index contributed by atoms with van der Waals surface area (Å²) in [6, 6.07) is 14.9. The molecule has 1 aromatic carbocycles. The molecule has 0 amide bonds. The first kappa shape index (κ1) is 24.5. The van der Waals surface area contributed by atoms with Gasteiger partial charge in [0.1, 0.15) is 11.6 Å². The van der Waals surface area contributed by atoms with Crippen molar-refractivity contribution >= 4 is 17.3 Å².